The fourth-order valence-electron chi connectivity index (χ4n) is 3.21. The summed E-state index contributed by atoms with van der Waals surface area (Å²) >= 11 is 0. The first-order valence-corrected chi connectivity index (χ1v) is 7.92. The predicted octanol–water partition coefficient (Wildman–Crippen LogP) is 2.92. The van der Waals surface area contributed by atoms with Gasteiger partial charge in [0.25, 0.3) is 0 Å². The summed E-state index contributed by atoms with van der Waals surface area (Å²) in [5, 5.41) is 15.2. The summed E-state index contributed by atoms with van der Waals surface area (Å²) < 4.78 is 6.02. The quantitative estimate of drug-likeness (QED) is 0.716. The lowest BCUT2D eigenvalue weighted by Crippen LogP contribution is -2.24. The van der Waals surface area contributed by atoms with Crippen LogP contribution in [0.5, 0.6) is 5.75 Å². The number of ether oxygens (including phenoxy) is 1. The van der Waals surface area contributed by atoms with Gasteiger partial charge in [0.15, 0.2) is 5.75 Å². The molecule has 2 aromatic rings. The minimum absolute atomic E-state index is 0.610. The molecular weight excluding hydrogens is 264 g/mol. The number of hydrogen-bond donors (Lipinski definition) is 3. The molecule has 21 heavy (non-hydrogen) atoms. The molecule has 114 valence electrons. The number of hydrogen-bond acceptors (Lipinski definition) is 3. The van der Waals surface area contributed by atoms with Crippen molar-refractivity contribution in [3.63, 3.8) is 0 Å². The minimum atomic E-state index is -0.757. The van der Waals surface area contributed by atoms with Crippen molar-refractivity contribution in [3.8, 4) is 5.75 Å². The van der Waals surface area contributed by atoms with Gasteiger partial charge in [-0.3, -0.25) is 0 Å². The van der Waals surface area contributed by atoms with Crippen molar-refractivity contribution in [3.05, 3.63) is 30.0 Å². The van der Waals surface area contributed by atoms with Gasteiger partial charge in [-0.05, 0) is 31.5 Å². The molecular formula is C17H24N2O2. The second-order valence-corrected chi connectivity index (χ2v) is 5.82. The maximum atomic E-state index is 10.9. The van der Waals surface area contributed by atoms with Crippen molar-refractivity contribution in [2.75, 3.05) is 19.7 Å². The summed E-state index contributed by atoms with van der Waals surface area (Å²) in [5.74, 6) is 0.827. The Kier molecular flexibility index (Phi) is 4.17. The van der Waals surface area contributed by atoms with E-state index < -0.39 is 5.60 Å². The predicted molar refractivity (Wildman–Crippen MR) is 84.7 cm³/mol. The van der Waals surface area contributed by atoms with Crippen LogP contribution < -0.4 is 10.1 Å². The lowest BCUT2D eigenvalue weighted by molar-refractivity contribution is 0.0376. The number of para-hydroxylation sites is 1. The molecule has 0 radical (unpaired) electrons. The number of H-pyrrole nitrogens is 1. The van der Waals surface area contributed by atoms with Crippen LogP contribution in [0, 0.1) is 0 Å². The molecule has 3 N–H and O–H groups in total. The molecule has 0 aliphatic heterocycles. The zero-order chi connectivity index (χ0) is 14.7. The number of fused-ring (bicyclic) bond motifs is 1. The molecule has 1 aliphatic carbocycles. The molecule has 0 saturated heterocycles. The van der Waals surface area contributed by atoms with Gasteiger partial charge in [0.2, 0.25) is 0 Å². The Balaban J connectivity index is 1.94. The van der Waals surface area contributed by atoms with E-state index in [0.29, 0.717) is 6.61 Å². The Morgan fingerprint density at radius 1 is 1.29 bits per heavy atom. The lowest BCUT2D eigenvalue weighted by Gasteiger charge is -2.22. The Bertz CT molecular complexity index is 600. The third-order valence-corrected chi connectivity index (χ3v) is 4.33. The first kappa shape index (κ1) is 14.4. The van der Waals surface area contributed by atoms with Crippen molar-refractivity contribution >= 4 is 10.9 Å². The van der Waals surface area contributed by atoms with Crippen molar-refractivity contribution < 1.29 is 9.84 Å². The first-order chi connectivity index (χ1) is 10.2. The normalized spacial score (nSPS) is 17.4. The van der Waals surface area contributed by atoms with Gasteiger partial charge in [-0.2, -0.15) is 0 Å². The van der Waals surface area contributed by atoms with Crippen molar-refractivity contribution in [2.24, 2.45) is 0 Å². The van der Waals surface area contributed by atoms with E-state index in [1.807, 2.05) is 18.2 Å². The third kappa shape index (κ3) is 2.78. The van der Waals surface area contributed by atoms with Gasteiger partial charge in [-0.1, -0.05) is 31.9 Å². The molecule has 1 heterocycles. The van der Waals surface area contributed by atoms with E-state index >= 15 is 0 Å². The van der Waals surface area contributed by atoms with E-state index in [2.05, 4.69) is 23.3 Å². The van der Waals surface area contributed by atoms with Crippen molar-refractivity contribution in [2.45, 2.75) is 38.2 Å². The number of aromatic nitrogens is 1. The van der Waals surface area contributed by atoms with Crippen LogP contribution in [-0.4, -0.2) is 29.8 Å². The monoisotopic (exact) mass is 288 g/mol. The van der Waals surface area contributed by atoms with Crippen LogP contribution in [0.1, 0.15) is 38.3 Å². The second kappa shape index (κ2) is 6.08. The number of aromatic amines is 1. The zero-order valence-corrected chi connectivity index (χ0v) is 12.6. The Labute approximate surface area is 125 Å². The summed E-state index contributed by atoms with van der Waals surface area (Å²) in [5.41, 5.74) is 1.14. The number of likely N-dealkylation sites (N-methyl/N-ethyl adjacent to an activating group) is 1. The Hall–Kier alpha value is -1.52. The summed E-state index contributed by atoms with van der Waals surface area (Å²) in [4.78, 5) is 3.39. The molecule has 4 nitrogen and oxygen atoms in total. The van der Waals surface area contributed by atoms with Crippen LogP contribution in [0.2, 0.25) is 0 Å². The molecule has 1 fully saturated rings. The van der Waals surface area contributed by atoms with E-state index in [1.165, 1.54) is 0 Å². The Morgan fingerprint density at radius 3 is 2.81 bits per heavy atom. The molecule has 1 saturated carbocycles. The Morgan fingerprint density at radius 2 is 2.05 bits per heavy atom. The van der Waals surface area contributed by atoms with Crippen LogP contribution >= 0.6 is 0 Å². The highest BCUT2D eigenvalue weighted by atomic mass is 16.5. The molecule has 0 spiro atoms. The van der Waals surface area contributed by atoms with E-state index in [1.54, 1.807) is 0 Å². The average molecular weight is 288 g/mol. The molecule has 1 aromatic heterocycles. The number of benzene rings is 1. The summed E-state index contributed by atoms with van der Waals surface area (Å²) in [6.07, 6.45) is 3.76. The van der Waals surface area contributed by atoms with Crippen LogP contribution in [0.25, 0.3) is 10.9 Å². The fourth-order valence-corrected chi connectivity index (χ4v) is 3.21. The van der Waals surface area contributed by atoms with Crippen LogP contribution in [0.3, 0.4) is 0 Å². The molecule has 0 amide bonds. The van der Waals surface area contributed by atoms with Gasteiger partial charge in [0.1, 0.15) is 12.2 Å². The zero-order valence-electron chi connectivity index (χ0n) is 12.6. The van der Waals surface area contributed by atoms with Crippen molar-refractivity contribution in [1.82, 2.24) is 10.3 Å². The topological polar surface area (TPSA) is 57.3 Å². The van der Waals surface area contributed by atoms with E-state index in [-0.39, 0.29) is 0 Å². The second-order valence-electron chi connectivity index (χ2n) is 5.82. The van der Waals surface area contributed by atoms with Crippen molar-refractivity contribution in [1.29, 1.82) is 0 Å². The van der Waals surface area contributed by atoms with Gasteiger partial charge in [0.05, 0.1) is 5.69 Å². The fraction of sp³-hybridized carbons (Fsp3) is 0.529. The number of nitrogens with one attached hydrogen (secondary N) is 2. The van der Waals surface area contributed by atoms with Crippen LogP contribution in [0.15, 0.2) is 24.3 Å². The highest BCUT2D eigenvalue weighted by Crippen LogP contribution is 2.44. The lowest BCUT2D eigenvalue weighted by atomic mass is 9.97. The summed E-state index contributed by atoms with van der Waals surface area (Å²) in [6, 6.07) is 8.10. The summed E-state index contributed by atoms with van der Waals surface area (Å²) in [6.45, 7) is 4.44. The molecule has 3 rings (SSSR count). The number of rotatable bonds is 6. The van der Waals surface area contributed by atoms with Gasteiger partial charge in [-0.15, -0.1) is 0 Å². The van der Waals surface area contributed by atoms with E-state index in [4.69, 9.17) is 4.74 Å². The molecule has 1 aliphatic rings. The van der Waals surface area contributed by atoms with Gasteiger partial charge in [0, 0.05) is 17.4 Å². The molecule has 0 bridgehead atoms. The average Bonchev–Trinajstić information content (AvgIpc) is 3.09. The maximum absolute atomic E-state index is 10.9. The van der Waals surface area contributed by atoms with Crippen LogP contribution in [-0.2, 0) is 5.60 Å². The highest BCUT2D eigenvalue weighted by molar-refractivity contribution is 5.88. The van der Waals surface area contributed by atoms with Crippen LogP contribution in [0.4, 0.5) is 0 Å². The highest BCUT2D eigenvalue weighted by Gasteiger charge is 2.37. The SMILES string of the molecule is CCNCCOc1c(C2(O)CCCC2)[nH]c2ccccc12. The summed E-state index contributed by atoms with van der Waals surface area (Å²) in [7, 11) is 0. The van der Waals surface area contributed by atoms with Gasteiger partial charge >= 0.3 is 0 Å². The van der Waals surface area contributed by atoms with E-state index in [0.717, 1.165) is 61.1 Å². The number of aliphatic hydroxyl groups is 1. The molecule has 0 atom stereocenters. The van der Waals surface area contributed by atoms with E-state index in [9.17, 15) is 5.11 Å². The molecule has 0 unspecified atom stereocenters. The smallest absolute Gasteiger partial charge is 0.150 e. The van der Waals surface area contributed by atoms with Gasteiger partial charge in [-0.25, -0.2) is 0 Å². The first-order valence-electron chi connectivity index (χ1n) is 7.92. The minimum Gasteiger partial charge on any atom is -0.490 e. The molecule has 1 aromatic carbocycles. The standard InChI is InChI=1S/C17H24N2O2/c1-2-18-11-12-21-15-13-7-3-4-8-14(13)19-16(15)17(20)9-5-6-10-17/h3-4,7-8,18-20H,2,5-6,9-12H2,1H3. The largest absolute Gasteiger partial charge is 0.490 e. The molecule has 4 heteroatoms. The third-order valence-electron chi connectivity index (χ3n) is 4.33. The maximum Gasteiger partial charge on any atom is 0.150 e. The van der Waals surface area contributed by atoms with Gasteiger partial charge < -0.3 is 20.1 Å².